The Morgan fingerprint density at radius 1 is 1.12 bits per heavy atom. The predicted molar refractivity (Wildman–Crippen MR) is 69.0 cm³/mol. The van der Waals surface area contributed by atoms with Crippen LogP contribution in [0.4, 0.5) is 0 Å². The Morgan fingerprint density at radius 2 is 2.00 bits per heavy atom. The highest BCUT2D eigenvalue weighted by Crippen LogP contribution is 2.36. The van der Waals surface area contributed by atoms with Crippen LogP contribution in [-0.2, 0) is 0 Å². The summed E-state index contributed by atoms with van der Waals surface area (Å²) in [6.07, 6.45) is 7.96. The summed E-state index contributed by atoms with van der Waals surface area (Å²) in [4.78, 5) is 4.21. The van der Waals surface area contributed by atoms with E-state index in [0.717, 1.165) is 19.3 Å². The zero-order chi connectivity index (χ0) is 11.7. The second-order valence-corrected chi connectivity index (χ2v) is 4.90. The van der Waals surface area contributed by atoms with Crippen LogP contribution >= 0.6 is 0 Å². The zero-order valence-electron chi connectivity index (χ0n) is 9.84. The molecule has 0 spiro atoms. The van der Waals surface area contributed by atoms with Gasteiger partial charge in [-0.2, -0.15) is 0 Å². The summed E-state index contributed by atoms with van der Waals surface area (Å²) in [5, 5.41) is 12.6. The predicted octanol–water partition coefficient (Wildman–Crippen LogP) is 3.25. The molecule has 17 heavy (non-hydrogen) atoms. The van der Waals surface area contributed by atoms with Gasteiger partial charge in [0.1, 0.15) is 0 Å². The van der Waals surface area contributed by atoms with Crippen molar-refractivity contribution in [3.63, 3.8) is 0 Å². The van der Waals surface area contributed by atoms with E-state index in [-0.39, 0.29) is 12.0 Å². The van der Waals surface area contributed by atoms with Crippen molar-refractivity contribution in [2.45, 2.75) is 37.7 Å². The third-order valence-electron chi connectivity index (χ3n) is 3.85. The van der Waals surface area contributed by atoms with Crippen molar-refractivity contribution < 1.29 is 5.11 Å². The average molecular weight is 227 g/mol. The fourth-order valence-electron chi connectivity index (χ4n) is 2.93. The molecule has 2 unspecified atom stereocenters. The first kappa shape index (κ1) is 10.7. The van der Waals surface area contributed by atoms with E-state index in [4.69, 9.17) is 0 Å². The van der Waals surface area contributed by atoms with E-state index in [1.54, 1.807) is 0 Å². The Labute approximate surface area is 101 Å². The van der Waals surface area contributed by atoms with Crippen LogP contribution in [0.25, 0.3) is 10.8 Å². The van der Waals surface area contributed by atoms with Gasteiger partial charge in [-0.25, -0.2) is 0 Å². The molecule has 1 saturated carbocycles. The monoisotopic (exact) mass is 227 g/mol. The van der Waals surface area contributed by atoms with Crippen molar-refractivity contribution in [3.05, 3.63) is 42.2 Å². The molecule has 1 aliphatic carbocycles. The number of benzene rings is 1. The van der Waals surface area contributed by atoms with E-state index in [2.05, 4.69) is 23.2 Å². The first-order valence-electron chi connectivity index (χ1n) is 6.37. The molecule has 0 radical (unpaired) electrons. The average Bonchev–Trinajstić information content (AvgIpc) is 2.39. The van der Waals surface area contributed by atoms with Gasteiger partial charge in [0.2, 0.25) is 0 Å². The minimum atomic E-state index is -0.186. The van der Waals surface area contributed by atoms with E-state index >= 15 is 0 Å². The molecular weight excluding hydrogens is 210 g/mol. The highest BCUT2D eigenvalue weighted by Gasteiger charge is 2.25. The summed E-state index contributed by atoms with van der Waals surface area (Å²) >= 11 is 0. The van der Waals surface area contributed by atoms with Crippen molar-refractivity contribution in [3.8, 4) is 0 Å². The lowest BCUT2D eigenvalue weighted by Crippen LogP contribution is -2.22. The third kappa shape index (κ3) is 1.93. The Kier molecular flexibility index (Phi) is 2.81. The van der Waals surface area contributed by atoms with Gasteiger partial charge in [-0.05, 0) is 29.9 Å². The van der Waals surface area contributed by atoms with Crippen molar-refractivity contribution in [1.29, 1.82) is 0 Å². The van der Waals surface area contributed by atoms with Crippen LogP contribution in [0.15, 0.2) is 36.7 Å². The largest absolute Gasteiger partial charge is 0.392 e. The second-order valence-electron chi connectivity index (χ2n) is 4.90. The lowest BCUT2D eigenvalue weighted by Gasteiger charge is -2.28. The first-order valence-corrected chi connectivity index (χ1v) is 6.37. The van der Waals surface area contributed by atoms with Gasteiger partial charge in [0.05, 0.1) is 6.10 Å². The highest BCUT2D eigenvalue weighted by atomic mass is 16.3. The molecule has 3 rings (SSSR count). The Bertz CT molecular complexity index is 518. The van der Waals surface area contributed by atoms with Crippen molar-refractivity contribution in [2.24, 2.45) is 0 Å². The van der Waals surface area contributed by atoms with E-state index in [1.807, 2.05) is 18.5 Å². The molecule has 1 heterocycles. The summed E-state index contributed by atoms with van der Waals surface area (Å²) in [6.45, 7) is 0. The maximum absolute atomic E-state index is 10.2. The number of nitrogens with zero attached hydrogens (tertiary/aromatic N) is 1. The van der Waals surface area contributed by atoms with Crippen LogP contribution in [0.2, 0.25) is 0 Å². The van der Waals surface area contributed by atoms with E-state index in [0.29, 0.717) is 0 Å². The summed E-state index contributed by atoms with van der Waals surface area (Å²) in [7, 11) is 0. The normalized spacial score (nSPS) is 25.0. The number of aliphatic hydroxyl groups is 1. The molecule has 1 fully saturated rings. The maximum atomic E-state index is 10.2. The molecule has 0 aliphatic heterocycles. The van der Waals surface area contributed by atoms with Crippen LogP contribution in [-0.4, -0.2) is 16.2 Å². The van der Waals surface area contributed by atoms with Gasteiger partial charge in [0.25, 0.3) is 0 Å². The molecule has 2 heteroatoms. The van der Waals surface area contributed by atoms with Crippen molar-refractivity contribution in [1.82, 2.24) is 4.98 Å². The molecule has 2 aromatic rings. The SMILES string of the molecule is OC1CCCCC1c1cccc2ccncc12. The van der Waals surface area contributed by atoms with Crippen LogP contribution in [0.1, 0.15) is 37.2 Å². The van der Waals surface area contributed by atoms with Crippen LogP contribution in [0.5, 0.6) is 0 Å². The van der Waals surface area contributed by atoms with Gasteiger partial charge in [0, 0.05) is 23.7 Å². The summed E-state index contributed by atoms with van der Waals surface area (Å²) in [6, 6.07) is 8.37. The highest BCUT2D eigenvalue weighted by molar-refractivity contribution is 5.85. The number of pyridine rings is 1. The van der Waals surface area contributed by atoms with Gasteiger partial charge in [-0.3, -0.25) is 4.98 Å². The fraction of sp³-hybridized carbons (Fsp3) is 0.400. The lowest BCUT2D eigenvalue weighted by molar-refractivity contribution is 0.107. The molecule has 0 saturated heterocycles. The number of hydrogen-bond acceptors (Lipinski definition) is 2. The second kappa shape index (κ2) is 4.46. The Balaban J connectivity index is 2.10. The molecule has 0 bridgehead atoms. The summed E-state index contributed by atoms with van der Waals surface area (Å²) in [5.74, 6) is 0.289. The maximum Gasteiger partial charge on any atom is 0.0608 e. The minimum absolute atomic E-state index is 0.186. The molecule has 2 nitrogen and oxygen atoms in total. The lowest BCUT2D eigenvalue weighted by atomic mass is 9.80. The van der Waals surface area contributed by atoms with Gasteiger partial charge < -0.3 is 5.11 Å². The number of aliphatic hydroxyl groups excluding tert-OH is 1. The smallest absolute Gasteiger partial charge is 0.0608 e. The van der Waals surface area contributed by atoms with Crippen molar-refractivity contribution >= 4 is 10.8 Å². The van der Waals surface area contributed by atoms with Gasteiger partial charge in [-0.15, -0.1) is 0 Å². The standard InChI is InChI=1S/C15H17NO/c17-15-7-2-1-5-13(15)12-6-3-4-11-8-9-16-10-14(11)12/h3-4,6,8-10,13,15,17H,1-2,5,7H2. The van der Waals surface area contributed by atoms with Crippen LogP contribution in [0, 0.1) is 0 Å². The van der Waals surface area contributed by atoms with E-state index < -0.39 is 0 Å². The first-order chi connectivity index (χ1) is 8.36. The van der Waals surface area contributed by atoms with Crippen LogP contribution < -0.4 is 0 Å². The summed E-state index contributed by atoms with van der Waals surface area (Å²) < 4.78 is 0. The van der Waals surface area contributed by atoms with Crippen LogP contribution in [0.3, 0.4) is 0 Å². The Hall–Kier alpha value is -1.41. The van der Waals surface area contributed by atoms with Gasteiger partial charge in [0.15, 0.2) is 0 Å². The summed E-state index contributed by atoms with van der Waals surface area (Å²) in [5.41, 5.74) is 1.27. The quantitative estimate of drug-likeness (QED) is 0.811. The molecule has 88 valence electrons. The van der Waals surface area contributed by atoms with Gasteiger partial charge >= 0.3 is 0 Å². The number of rotatable bonds is 1. The number of fused-ring (bicyclic) bond motifs is 1. The molecule has 1 aromatic carbocycles. The molecule has 0 amide bonds. The molecule has 1 aliphatic rings. The zero-order valence-corrected chi connectivity index (χ0v) is 9.84. The number of hydrogen-bond donors (Lipinski definition) is 1. The number of aromatic nitrogens is 1. The van der Waals surface area contributed by atoms with Crippen molar-refractivity contribution in [2.75, 3.05) is 0 Å². The Morgan fingerprint density at radius 3 is 2.88 bits per heavy atom. The third-order valence-corrected chi connectivity index (χ3v) is 3.85. The molecule has 1 aromatic heterocycles. The molecule has 1 N–H and O–H groups in total. The van der Waals surface area contributed by atoms with E-state index in [9.17, 15) is 5.11 Å². The molecule has 2 atom stereocenters. The van der Waals surface area contributed by atoms with E-state index in [1.165, 1.54) is 22.8 Å². The fourth-order valence-corrected chi connectivity index (χ4v) is 2.93. The minimum Gasteiger partial charge on any atom is -0.392 e. The molecular formula is C15H17NO. The topological polar surface area (TPSA) is 33.1 Å². The van der Waals surface area contributed by atoms with Gasteiger partial charge in [-0.1, -0.05) is 31.0 Å².